The van der Waals surface area contributed by atoms with Gasteiger partial charge in [-0.25, -0.2) is 15.0 Å². The first-order chi connectivity index (χ1) is 17.6. The summed E-state index contributed by atoms with van der Waals surface area (Å²) in [5.41, 5.74) is 0.903. The molecule has 1 aliphatic heterocycles. The highest BCUT2D eigenvalue weighted by molar-refractivity contribution is 6.32. The number of halogens is 1. The van der Waals surface area contributed by atoms with E-state index in [4.69, 9.17) is 26.1 Å². The van der Waals surface area contributed by atoms with Gasteiger partial charge >= 0.3 is 0 Å². The summed E-state index contributed by atoms with van der Waals surface area (Å²) in [6.07, 6.45) is 5.13. The van der Waals surface area contributed by atoms with Crippen LogP contribution >= 0.6 is 11.6 Å². The van der Waals surface area contributed by atoms with Gasteiger partial charge in [0.2, 0.25) is 5.95 Å². The van der Waals surface area contributed by atoms with Gasteiger partial charge in [-0.3, -0.25) is 4.79 Å². The largest absolute Gasteiger partial charge is 0.495 e. The number of pyridine rings is 1. The monoisotopic (exact) mass is 504 g/mol. The van der Waals surface area contributed by atoms with E-state index in [2.05, 4.69) is 25.1 Å². The first-order valence-corrected chi connectivity index (χ1v) is 11.8. The molecule has 1 N–H and O–H groups in total. The first kappa shape index (κ1) is 23.6. The first-order valence-electron chi connectivity index (χ1n) is 11.5. The number of ether oxygens (including phenoxy) is 2. The number of fused-ring (bicyclic) bond motifs is 1. The molecule has 0 spiro atoms. The van der Waals surface area contributed by atoms with Crippen LogP contribution in [0.2, 0.25) is 5.02 Å². The van der Waals surface area contributed by atoms with E-state index >= 15 is 0 Å². The van der Waals surface area contributed by atoms with Crippen molar-refractivity contribution in [3.05, 3.63) is 71.6 Å². The van der Waals surface area contributed by atoms with Gasteiger partial charge in [-0.15, -0.1) is 0 Å². The SMILES string of the molecule is COc1cc(OC)c(NC(=O)c2cnc(N3CCN(c4ncccn4)CC3)c3ccccc23)cc1Cl. The number of nitrogens with zero attached hydrogens (tertiary/aromatic N) is 5. The number of nitrogens with one attached hydrogen (secondary N) is 1. The smallest absolute Gasteiger partial charge is 0.257 e. The average molecular weight is 505 g/mol. The van der Waals surface area contributed by atoms with Crippen LogP contribution in [0.4, 0.5) is 17.5 Å². The van der Waals surface area contributed by atoms with Crippen LogP contribution in [0.1, 0.15) is 10.4 Å². The molecule has 0 unspecified atom stereocenters. The van der Waals surface area contributed by atoms with Crippen LogP contribution in [0, 0.1) is 0 Å². The summed E-state index contributed by atoms with van der Waals surface area (Å²) in [6.45, 7) is 3.09. The summed E-state index contributed by atoms with van der Waals surface area (Å²) in [6, 6.07) is 12.9. The van der Waals surface area contributed by atoms with Crippen molar-refractivity contribution in [2.45, 2.75) is 0 Å². The van der Waals surface area contributed by atoms with Gasteiger partial charge in [-0.2, -0.15) is 0 Å². The highest BCUT2D eigenvalue weighted by atomic mass is 35.5. The van der Waals surface area contributed by atoms with Gasteiger partial charge in [-0.05, 0) is 17.5 Å². The lowest BCUT2D eigenvalue weighted by atomic mass is 10.1. The molecule has 2 aromatic heterocycles. The van der Waals surface area contributed by atoms with E-state index in [9.17, 15) is 4.79 Å². The molecule has 184 valence electrons. The molecule has 0 aliphatic carbocycles. The number of anilines is 3. The van der Waals surface area contributed by atoms with E-state index in [0.717, 1.165) is 48.7 Å². The molecular weight excluding hydrogens is 480 g/mol. The van der Waals surface area contributed by atoms with Crippen molar-refractivity contribution in [1.82, 2.24) is 15.0 Å². The van der Waals surface area contributed by atoms with E-state index in [0.29, 0.717) is 27.8 Å². The van der Waals surface area contributed by atoms with Gasteiger partial charge in [-0.1, -0.05) is 35.9 Å². The number of carbonyl (C=O) groups is 1. The van der Waals surface area contributed by atoms with E-state index in [1.54, 1.807) is 30.7 Å². The molecule has 0 bridgehead atoms. The number of aromatic nitrogens is 3. The zero-order valence-corrected chi connectivity index (χ0v) is 20.7. The maximum absolute atomic E-state index is 13.3. The number of rotatable bonds is 6. The van der Waals surface area contributed by atoms with Crippen molar-refractivity contribution in [3.8, 4) is 11.5 Å². The number of hydrogen-bond donors (Lipinski definition) is 1. The second-order valence-corrected chi connectivity index (χ2v) is 8.61. The fourth-order valence-electron chi connectivity index (χ4n) is 4.33. The molecule has 4 aromatic rings. The van der Waals surface area contributed by atoms with Crippen molar-refractivity contribution >= 4 is 45.7 Å². The molecule has 9 nitrogen and oxygen atoms in total. The summed E-state index contributed by atoms with van der Waals surface area (Å²) in [5, 5.41) is 5.00. The minimum Gasteiger partial charge on any atom is -0.495 e. The van der Waals surface area contributed by atoms with E-state index in [1.807, 2.05) is 30.3 Å². The molecule has 3 heterocycles. The van der Waals surface area contributed by atoms with Crippen molar-refractivity contribution in [2.75, 3.05) is 55.5 Å². The topological polar surface area (TPSA) is 92.7 Å². The van der Waals surface area contributed by atoms with Gasteiger partial charge in [0.05, 0.1) is 30.5 Å². The standard InChI is InChI=1S/C26H25ClN6O3/c1-35-22-15-23(36-2)21(14-20(22)27)31-25(34)19-16-30-24(18-7-4-3-6-17(18)19)32-10-12-33(13-11-32)26-28-8-5-9-29-26/h3-9,14-16H,10-13H2,1-2H3,(H,31,34). The molecule has 1 amide bonds. The quantitative estimate of drug-likeness (QED) is 0.416. The van der Waals surface area contributed by atoms with Crippen LogP contribution in [-0.2, 0) is 0 Å². The lowest BCUT2D eigenvalue weighted by Crippen LogP contribution is -2.47. The number of piperazine rings is 1. The lowest BCUT2D eigenvalue weighted by Gasteiger charge is -2.35. The Morgan fingerprint density at radius 1 is 0.889 bits per heavy atom. The number of amides is 1. The molecule has 5 rings (SSSR count). The predicted molar refractivity (Wildman–Crippen MR) is 141 cm³/mol. The van der Waals surface area contributed by atoms with Crippen LogP contribution in [0.5, 0.6) is 11.5 Å². The third kappa shape index (κ3) is 4.57. The van der Waals surface area contributed by atoms with Crippen molar-refractivity contribution in [3.63, 3.8) is 0 Å². The molecule has 0 radical (unpaired) electrons. The normalized spacial score (nSPS) is 13.5. The number of hydrogen-bond acceptors (Lipinski definition) is 8. The summed E-state index contributed by atoms with van der Waals surface area (Å²) >= 11 is 6.28. The molecule has 2 aromatic carbocycles. The number of carbonyl (C=O) groups excluding carboxylic acids is 1. The molecule has 1 fully saturated rings. The zero-order chi connectivity index (χ0) is 25.1. The maximum Gasteiger partial charge on any atom is 0.257 e. The Balaban J connectivity index is 1.40. The number of methoxy groups -OCH3 is 2. The van der Waals surface area contributed by atoms with Gasteiger partial charge in [0, 0.05) is 56.2 Å². The lowest BCUT2D eigenvalue weighted by molar-refractivity contribution is 0.102. The van der Waals surface area contributed by atoms with Crippen molar-refractivity contribution < 1.29 is 14.3 Å². The number of benzene rings is 2. The second-order valence-electron chi connectivity index (χ2n) is 8.21. The van der Waals surface area contributed by atoms with E-state index < -0.39 is 0 Å². The Labute approximate surface area is 213 Å². The van der Waals surface area contributed by atoms with E-state index in [-0.39, 0.29) is 5.91 Å². The Hall–Kier alpha value is -4.11. The Morgan fingerprint density at radius 2 is 1.56 bits per heavy atom. The third-order valence-corrected chi connectivity index (χ3v) is 6.45. The maximum atomic E-state index is 13.3. The fourth-order valence-corrected chi connectivity index (χ4v) is 4.57. The molecule has 10 heteroatoms. The Kier molecular flexibility index (Phi) is 6.73. The fraction of sp³-hybridized carbons (Fsp3) is 0.231. The summed E-state index contributed by atoms with van der Waals surface area (Å²) in [5.74, 6) is 2.17. The highest BCUT2D eigenvalue weighted by Crippen LogP contribution is 2.36. The summed E-state index contributed by atoms with van der Waals surface area (Å²) in [7, 11) is 3.04. The third-order valence-electron chi connectivity index (χ3n) is 6.16. The van der Waals surface area contributed by atoms with E-state index in [1.165, 1.54) is 14.2 Å². The second kappa shape index (κ2) is 10.2. The molecule has 0 atom stereocenters. The van der Waals surface area contributed by atoms with Crippen LogP contribution in [-0.4, -0.2) is 61.3 Å². The molecular formula is C26H25ClN6O3. The Morgan fingerprint density at radius 3 is 2.25 bits per heavy atom. The highest BCUT2D eigenvalue weighted by Gasteiger charge is 2.23. The summed E-state index contributed by atoms with van der Waals surface area (Å²) < 4.78 is 10.7. The minimum absolute atomic E-state index is 0.309. The van der Waals surface area contributed by atoms with Crippen molar-refractivity contribution in [1.29, 1.82) is 0 Å². The molecule has 1 aliphatic rings. The van der Waals surface area contributed by atoms with Crippen LogP contribution in [0.3, 0.4) is 0 Å². The van der Waals surface area contributed by atoms with Gasteiger partial charge in [0.15, 0.2) is 0 Å². The van der Waals surface area contributed by atoms with Gasteiger partial charge in [0.1, 0.15) is 17.3 Å². The minimum atomic E-state index is -0.309. The van der Waals surface area contributed by atoms with Crippen LogP contribution in [0.25, 0.3) is 10.8 Å². The predicted octanol–water partition coefficient (Wildman–Crippen LogP) is 4.27. The van der Waals surface area contributed by atoms with Crippen LogP contribution < -0.4 is 24.6 Å². The van der Waals surface area contributed by atoms with Crippen molar-refractivity contribution in [2.24, 2.45) is 0 Å². The van der Waals surface area contributed by atoms with Gasteiger partial charge in [0.25, 0.3) is 5.91 Å². The van der Waals surface area contributed by atoms with Crippen LogP contribution in [0.15, 0.2) is 61.1 Å². The zero-order valence-electron chi connectivity index (χ0n) is 19.9. The molecule has 1 saturated heterocycles. The van der Waals surface area contributed by atoms with Gasteiger partial charge < -0.3 is 24.6 Å². The average Bonchev–Trinajstić information content (AvgIpc) is 2.93. The molecule has 36 heavy (non-hydrogen) atoms. The Bertz CT molecular complexity index is 1390. The summed E-state index contributed by atoms with van der Waals surface area (Å²) in [4.78, 5) is 31.2. The molecule has 0 saturated carbocycles.